The minimum atomic E-state index is -4.19. The first-order valence-corrected chi connectivity index (χ1v) is 15.6. The molecule has 10 heteroatoms. The van der Waals surface area contributed by atoms with Gasteiger partial charge >= 0.3 is 0 Å². The Labute approximate surface area is 251 Å². The van der Waals surface area contributed by atoms with Crippen molar-refractivity contribution in [2.75, 3.05) is 24.5 Å². The maximum atomic E-state index is 14.0. The summed E-state index contributed by atoms with van der Waals surface area (Å²) in [5.74, 6) is -0.0909. The number of nitrogens with zero attached hydrogens (tertiary/aromatic N) is 2. The van der Waals surface area contributed by atoms with E-state index in [2.05, 4.69) is 21.2 Å². The number of carbonyl (C=O) groups excluding carboxylic acids is 2. The molecular formula is C31H38BrN3O5S. The normalized spacial score (nSPS) is 12.1. The molecule has 0 saturated carbocycles. The van der Waals surface area contributed by atoms with E-state index >= 15 is 0 Å². The number of benzene rings is 3. The van der Waals surface area contributed by atoms with Gasteiger partial charge in [-0.2, -0.15) is 0 Å². The molecule has 3 aromatic rings. The Hall–Kier alpha value is -3.37. The first-order chi connectivity index (χ1) is 19.3. The van der Waals surface area contributed by atoms with Crippen molar-refractivity contribution in [2.24, 2.45) is 5.92 Å². The van der Waals surface area contributed by atoms with Crippen molar-refractivity contribution in [1.82, 2.24) is 10.2 Å². The molecule has 1 atom stereocenters. The molecule has 41 heavy (non-hydrogen) atoms. The molecule has 0 radical (unpaired) electrons. The van der Waals surface area contributed by atoms with Gasteiger partial charge in [0.05, 0.1) is 22.2 Å². The first-order valence-electron chi connectivity index (χ1n) is 13.4. The van der Waals surface area contributed by atoms with Crippen molar-refractivity contribution in [3.8, 4) is 5.75 Å². The van der Waals surface area contributed by atoms with Gasteiger partial charge in [-0.05, 0) is 84.1 Å². The fraction of sp³-hybridized carbons (Fsp3) is 0.355. The zero-order valence-electron chi connectivity index (χ0n) is 24.3. The summed E-state index contributed by atoms with van der Waals surface area (Å²) in [6.07, 6.45) is 0. The van der Waals surface area contributed by atoms with Crippen LogP contribution in [0.25, 0.3) is 0 Å². The van der Waals surface area contributed by atoms with Crippen LogP contribution in [0.4, 0.5) is 5.69 Å². The van der Waals surface area contributed by atoms with Crippen LogP contribution in [-0.4, -0.2) is 51.4 Å². The number of anilines is 1. The molecule has 220 valence electrons. The molecule has 0 aliphatic heterocycles. The topological polar surface area (TPSA) is 96.0 Å². The Morgan fingerprint density at radius 2 is 1.63 bits per heavy atom. The molecular weight excluding hydrogens is 606 g/mol. The lowest BCUT2D eigenvalue weighted by atomic mass is 10.1. The summed E-state index contributed by atoms with van der Waals surface area (Å²) in [6, 6.07) is 18.2. The average Bonchev–Trinajstić information content (AvgIpc) is 2.94. The highest BCUT2D eigenvalue weighted by Crippen LogP contribution is 2.31. The van der Waals surface area contributed by atoms with Crippen molar-refractivity contribution in [3.05, 3.63) is 87.9 Å². The van der Waals surface area contributed by atoms with Crippen LogP contribution in [0.2, 0.25) is 0 Å². The van der Waals surface area contributed by atoms with Gasteiger partial charge in [-0.15, -0.1) is 0 Å². The number of hydrogen-bond acceptors (Lipinski definition) is 5. The number of ether oxygens (including phenoxy) is 1. The summed E-state index contributed by atoms with van der Waals surface area (Å²) in [4.78, 5) is 28.6. The number of amides is 2. The van der Waals surface area contributed by atoms with Gasteiger partial charge in [-0.1, -0.05) is 55.8 Å². The highest BCUT2D eigenvalue weighted by Gasteiger charge is 2.33. The molecule has 0 aromatic heterocycles. The van der Waals surface area contributed by atoms with Crippen LogP contribution in [0.3, 0.4) is 0 Å². The third kappa shape index (κ3) is 8.10. The molecule has 0 unspecified atom stereocenters. The van der Waals surface area contributed by atoms with Gasteiger partial charge in [-0.3, -0.25) is 13.9 Å². The van der Waals surface area contributed by atoms with Crippen LogP contribution >= 0.6 is 15.9 Å². The van der Waals surface area contributed by atoms with Crippen LogP contribution in [0.1, 0.15) is 37.5 Å². The van der Waals surface area contributed by atoms with Crippen LogP contribution in [0.5, 0.6) is 5.75 Å². The summed E-state index contributed by atoms with van der Waals surface area (Å²) < 4.78 is 34.9. The number of methoxy groups -OCH3 is 1. The van der Waals surface area contributed by atoms with E-state index in [-0.39, 0.29) is 23.3 Å². The highest BCUT2D eigenvalue weighted by molar-refractivity contribution is 9.10. The minimum Gasteiger partial charge on any atom is -0.496 e. The lowest BCUT2D eigenvalue weighted by molar-refractivity contribution is -0.139. The summed E-state index contributed by atoms with van der Waals surface area (Å²) in [7, 11) is -2.70. The number of aryl methyl sites for hydroxylation is 2. The van der Waals surface area contributed by atoms with Crippen LogP contribution in [-0.2, 0) is 26.2 Å². The zero-order valence-corrected chi connectivity index (χ0v) is 26.8. The van der Waals surface area contributed by atoms with E-state index in [0.717, 1.165) is 21.0 Å². The van der Waals surface area contributed by atoms with E-state index in [4.69, 9.17) is 4.74 Å². The fourth-order valence-corrected chi connectivity index (χ4v) is 6.31. The van der Waals surface area contributed by atoms with Gasteiger partial charge < -0.3 is 15.0 Å². The van der Waals surface area contributed by atoms with E-state index in [1.54, 1.807) is 37.3 Å². The summed E-state index contributed by atoms with van der Waals surface area (Å²) >= 11 is 3.36. The average molecular weight is 645 g/mol. The van der Waals surface area contributed by atoms with Gasteiger partial charge in [0.15, 0.2) is 0 Å². The van der Waals surface area contributed by atoms with E-state index in [9.17, 15) is 18.0 Å². The van der Waals surface area contributed by atoms with Gasteiger partial charge in [0.2, 0.25) is 11.8 Å². The Bertz CT molecular complexity index is 1480. The second-order valence-electron chi connectivity index (χ2n) is 10.4. The van der Waals surface area contributed by atoms with Gasteiger partial charge in [0.25, 0.3) is 10.0 Å². The molecule has 2 amide bonds. The lowest BCUT2D eigenvalue weighted by Gasteiger charge is -2.32. The standard InChI is InChI=1S/C31H38BrN3O5S/c1-21(2)18-33-31(37)24(5)34(19-25-10-8-7-9-23(25)4)30(36)20-35(26-13-11-22(3)12-14-26)41(38,39)27-15-16-29(40-6)28(32)17-27/h7-17,21,24H,18-20H2,1-6H3,(H,33,37)/t24-/m0/s1. The summed E-state index contributed by atoms with van der Waals surface area (Å²) in [6.45, 7) is 9.59. The SMILES string of the molecule is COc1ccc(S(=O)(=O)N(CC(=O)N(Cc2ccccc2C)[C@@H](C)C(=O)NCC(C)C)c2ccc(C)cc2)cc1Br. The molecule has 0 aliphatic carbocycles. The Morgan fingerprint density at radius 3 is 2.22 bits per heavy atom. The van der Waals surface area contributed by atoms with Crippen molar-refractivity contribution in [1.29, 1.82) is 0 Å². The molecule has 0 spiro atoms. The first kappa shape index (κ1) is 32.1. The number of nitrogens with one attached hydrogen (secondary N) is 1. The van der Waals surface area contributed by atoms with Gasteiger partial charge in [0.1, 0.15) is 18.3 Å². The van der Waals surface area contributed by atoms with Gasteiger partial charge in [-0.25, -0.2) is 8.42 Å². The van der Waals surface area contributed by atoms with Crippen LogP contribution in [0.15, 0.2) is 76.1 Å². The number of carbonyl (C=O) groups is 2. The van der Waals surface area contributed by atoms with Crippen LogP contribution in [0, 0.1) is 19.8 Å². The molecule has 0 aliphatic rings. The molecule has 3 rings (SSSR count). The van der Waals surface area contributed by atoms with Crippen molar-refractivity contribution < 1.29 is 22.7 Å². The Morgan fingerprint density at radius 1 is 0.976 bits per heavy atom. The van der Waals surface area contributed by atoms with E-state index in [1.807, 2.05) is 52.0 Å². The molecule has 3 aromatic carbocycles. The van der Waals surface area contributed by atoms with Crippen LogP contribution < -0.4 is 14.4 Å². The predicted molar refractivity (Wildman–Crippen MR) is 165 cm³/mol. The quantitative estimate of drug-likeness (QED) is 0.283. The molecule has 8 nitrogen and oxygen atoms in total. The van der Waals surface area contributed by atoms with Crippen molar-refractivity contribution in [2.45, 2.75) is 52.1 Å². The predicted octanol–water partition coefficient (Wildman–Crippen LogP) is 5.46. The maximum absolute atomic E-state index is 14.0. The van der Waals surface area contributed by atoms with Crippen molar-refractivity contribution >= 4 is 43.5 Å². The van der Waals surface area contributed by atoms with E-state index < -0.39 is 28.5 Å². The number of hydrogen-bond donors (Lipinski definition) is 1. The second kappa shape index (κ2) is 14.0. The molecule has 0 saturated heterocycles. The second-order valence-corrected chi connectivity index (χ2v) is 13.1. The molecule has 0 fully saturated rings. The molecule has 1 N–H and O–H groups in total. The molecule has 0 heterocycles. The summed E-state index contributed by atoms with van der Waals surface area (Å²) in [5.41, 5.74) is 3.12. The number of halogens is 1. The van der Waals surface area contributed by atoms with E-state index in [0.29, 0.717) is 22.5 Å². The highest BCUT2D eigenvalue weighted by atomic mass is 79.9. The zero-order chi connectivity index (χ0) is 30.3. The molecule has 0 bridgehead atoms. The Kier molecular flexibility index (Phi) is 11.0. The number of rotatable bonds is 12. The minimum absolute atomic E-state index is 0.00766. The smallest absolute Gasteiger partial charge is 0.264 e. The Balaban J connectivity index is 2.04. The largest absolute Gasteiger partial charge is 0.496 e. The third-order valence-corrected chi connectivity index (χ3v) is 9.16. The third-order valence-electron chi connectivity index (χ3n) is 6.77. The van der Waals surface area contributed by atoms with Crippen molar-refractivity contribution in [3.63, 3.8) is 0 Å². The van der Waals surface area contributed by atoms with E-state index in [1.165, 1.54) is 24.1 Å². The fourth-order valence-electron chi connectivity index (χ4n) is 4.18. The lowest BCUT2D eigenvalue weighted by Crippen LogP contribution is -2.51. The number of sulfonamides is 1. The summed E-state index contributed by atoms with van der Waals surface area (Å²) in [5, 5.41) is 2.90. The van der Waals surface area contributed by atoms with Gasteiger partial charge in [0, 0.05) is 13.1 Å². The monoisotopic (exact) mass is 643 g/mol. The maximum Gasteiger partial charge on any atom is 0.264 e.